The number of aromatic amines is 1. The van der Waals surface area contributed by atoms with Crippen molar-refractivity contribution in [2.75, 3.05) is 13.1 Å². The van der Waals surface area contributed by atoms with Gasteiger partial charge in [0.15, 0.2) is 0 Å². The smallest absolute Gasteiger partial charge is 0.406 e. The molecule has 9 heteroatoms. The first-order chi connectivity index (χ1) is 15.3. The number of rotatable bonds is 4. The summed E-state index contributed by atoms with van der Waals surface area (Å²) in [5.41, 5.74) is 2.93. The maximum atomic E-state index is 13.1. The number of amides is 1. The van der Waals surface area contributed by atoms with Gasteiger partial charge in [0.05, 0.1) is 17.1 Å². The van der Waals surface area contributed by atoms with Crippen LogP contribution in [0.5, 0.6) is 5.75 Å². The van der Waals surface area contributed by atoms with Crippen LogP contribution >= 0.6 is 0 Å². The van der Waals surface area contributed by atoms with Gasteiger partial charge < -0.3 is 19.2 Å². The Bertz CT molecular complexity index is 1310. The predicted molar refractivity (Wildman–Crippen MR) is 114 cm³/mol. The molecule has 1 atom stereocenters. The van der Waals surface area contributed by atoms with Gasteiger partial charge in [0.1, 0.15) is 17.3 Å². The zero-order valence-electron chi connectivity index (χ0n) is 17.3. The number of imidazole rings is 1. The van der Waals surface area contributed by atoms with Crippen LogP contribution in [0.1, 0.15) is 35.7 Å². The Morgan fingerprint density at radius 1 is 1.22 bits per heavy atom. The number of nitrogens with one attached hydrogen (secondary N) is 1. The molecule has 2 aromatic carbocycles. The third-order valence-electron chi connectivity index (χ3n) is 5.86. The zero-order chi connectivity index (χ0) is 22.5. The van der Waals surface area contributed by atoms with Crippen LogP contribution in [0.4, 0.5) is 13.2 Å². The van der Waals surface area contributed by atoms with Crippen molar-refractivity contribution in [1.82, 2.24) is 19.4 Å². The van der Waals surface area contributed by atoms with Gasteiger partial charge in [-0.1, -0.05) is 19.1 Å². The van der Waals surface area contributed by atoms with Crippen molar-refractivity contribution in [3.63, 3.8) is 0 Å². The summed E-state index contributed by atoms with van der Waals surface area (Å²) in [7, 11) is 0. The van der Waals surface area contributed by atoms with E-state index in [1.165, 1.54) is 18.2 Å². The lowest BCUT2D eigenvalue weighted by molar-refractivity contribution is -0.274. The summed E-state index contributed by atoms with van der Waals surface area (Å²) in [5.74, 6) is 0.501. The first-order valence-electron chi connectivity index (χ1n) is 10.5. The number of aromatic nitrogens is 3. The molecular weight excluding hydrogens is 421 g/mol. The van der Waals surface area contributed by atoms with E-state index >= 15 is 0 Å². The van der Waals surface area contributed by atoms with Crippen molar-refractivity contribution in [2.45, 2.75) is 32.2 Å². The third-order valence-corrected chi connectivity index (χ3v) is 5.86. The van der Waals surface area contributed by atoms with Gasteiger partial charge in [-0.2, -0.15) is 0 Å². The van der Waals surface area contributed by atoms with Crippen LogP contribution in [0.3, 0.4) is 0 Å². The van der Waals surface area contributed by atoms with Crippen LogP contribution in [0.25, 0.3) is 21.9 Å². The highest BCUT2D eigenvalue weighted by Gasteiger charge is 2.32. The van der Waals surface area contributed by atoms with Gasteiger partial charge in [-0.05, 0) is 42.8 Å². The van der Waals surface area contributed by atoms with Gasteiger partial charge >= 0.3 is 6.36 Å². The predicted octanol–water partition coefficient (Wildman–Crippen LogP) is 5.07. The number of alkyl halides is 3. The van der Waals surface area contributed by atoms with Gasteiger partial charge in [-0.25, -0.2) is 4.98 Å². The molecule has 0 saturated carbocycles. The Labute approximate surface area is 181 Å². The van der Waals surface area contributed by atoms with Gasteiger partial charge in [-0.15, -0.1) is 13.2 Å². The Morgan fingerprint density at radius 2 is 2.03 bits per heavy atom. The quantitative estimate of drug-likeness (QED) is 0.480. The highest BCUT2D eigenvalue weighted by atomic mass is 19.4. The number of hydrogen-bond acceptors (Lipinski definition) is 3. The maximum Gasteiger partial charge on any atom is 0.573 e. The van der Waals surface area contributed by atoms with Crippen molar-refractivity contribution in [3.8, 4) is 5.75 Å². The summed E-state index contributed by atoms with van der Waals surface area (Å²) in [6.45, 7) is 3.21. The van der Waals surface area contributed by atoms with Crippen LogP contribution in [0, 0.1) is 0 Å². The Balaban J connectivity index is 1.38. The Kier molecular flexibility index (Phi) is 4.83. The molecule has 1 N–H and O–H groups in total. The second kappa shape index (κ2) is 7.58. The minimum atomic E-state index is -4.76. The largest absolute Gasteiger partial charge is 0.573 e. The molecule has 166 valence electrons. The molecule has 1 saturated heterocycles. The normalized spacial score (nSPS) is 16.9. The van der Waals surface area contributed by atoms with Crippen LogP contribution in [-0.2, 0) is 6.42 Å². The van der Waals surface area contributed by atoms with E-state index in [1.54, 1.807) is 11.0 Å². The maximum absolute atomic E-state index is 13.1. The van der Waals surface area contributed by atoms with Gasteiger partial charge in [0.25, 0.3) is 5.91 Å². The standard InChI is InChI=1S/C23H21F3N4O2/c1-2-21-28-18-5-3-4-6-20(18)30(21)15-9-10-29(13-15)22(31)19-12-14-11-16(32-23(24,25)26)7-8-17(14)27-19/h3-8,11-12,15,27H,2,9-10,13H2,1H3/t15-/m1/s1. The number of hydrogen-bond donors (Lipinski definition) is 1. The lowest BCUT2D eigenvalue weighted by Crippen LogP contribution is -2.29. The number of fused-ring (bicyclic) bond motifs is 2. The van der Waals surface area contributed by atoms with E-state index in [0.717, 1.165) is 29.7 Å². The first kappa shape index (κ1) is 20.4. The summed E-state index contributed by atoms with van der Waals surface area (Å²) in [6.07, 6.45) is -3.16. The van der Waals surface area contributed by atoms with Crippen molar-refractivity contribution in [1.29, 1.82) is 0 Å². The number of carbonyl (C=O) groups is 1. The molecule has 0 spiro atoms. The van der Waals surface area contributed by atoms with E-state index in [2.05, 4.69) is 21.2 Å². The lowest BCUT2D eigenvalue weighted by Gasteiger charge is -2.18. The van der Waals surface area contributed by atoms with E-state index in [-0.39, 0.29) is 17.7 Å². The molecule has 1 fully saturated rings. The number of benzene rings is 2. The Morgan fingerprint density at radius 3 is 2.81 bits per heavy atom. The number of H-pyrrole nitrogens is 1. The van der Waals surface area contributed by atoms with Crippen LogP contribution < -0.4 is 4.74 Å². The SMILES string of the molecule is CCc1nc2ccccc2n1[C@@H]1CCN(C(=O)c2cc3cc(OC(F)(F)F)ccc3[nH]2)C1. The fourth-order valence-corrected chi connectivity index (χ4v) is 4.48. The Hall–Kier alpha value is -3.49. The lowest BCUT2D eigenvalue weighted by atomic mass is 10.2. The second-order valence-corrected chi connectivity index (χ2v) is 7.91. The van der Waals surface area contributed by atoms with E-state index in [9.17, 15) is 18.0 Å². The van der Waals surface area contributed by atoms with E-state index in [1.807, 2.05) is 24.3 Å². The first-order valence-corrected chi connectivity index (χ1v) is 10.5. The third kappa shape index (κ3) is 3.68. The van der Waals surface area contributed by atoms with E-state index in [4.69, 9.17) is 4.98 Å². The number of para-hydroxylation sites is 2. The molecule has 32 heavy (non-hydrogen) atoms. The monoisotopic (exact) mass is 442 g/mol. The van der Waals surface area contributed by atoms with Crippen molar-refractivity contribution in [3.05, 3.63) is 60.0 Å². The molecule has 4 aromatic rings. The van der Waals surface area contributed by atoms with Crippen molar-refractivity contribution < 1.29 is 22.7 Å². The molecule has 0 radical (unpaired) electrons. The molecule has 1 aliphatic rings. The summed E-state index contributed by atoms with van der Waals surface area (Å²) >= 11 is 0. The van der Waals surface area contributed by atoms with Crippen molar-refractivity contribution >= 4 is 27.8 Å². The molecule has 3 heterocycles. The number of likely N-dealkylation sites (tertiary alicyclic amines) is 1. The number of nitrogens with zero attached hydrogens (tertiary/aromatic N) is 3. The highest BCUT2D eigenvalue weighted by Crippen LogP contribution is 2.31. The van der Waals surface area contributed by atoms with Gasteiger partial charge in [-0.3, -0.25) is 4.79 Å². The van der Waals surface area contributed by atoms with Crippen LogP contribution in [0.15, 0.2) is 48.5 Å². The highest BCUT2D eigenvalue weighted by molar-refractivity contribution is 5.98. The average molecular weight is 442 g/mol. The molecule has 2 aromatic heterocycles. The molecular formula is C23H21F3N4O2. The van der Waals surface area contributed by atoms with Crippen molar-refractivity contribution in [2.24, 2.45) is 0 Å². The summed E-state index contributed by atoms with van der Waals surface area (Å²) in [6, 6.07) is 13.6. The van der Waals surface area contributed by atoms with E-state index in [0.29, 0.717) is 29.7 Å². The fraction of sp³-hybridized carbons (Fsp3) is 0.304. The molecule has 0 bridgehead atoms. The summed E-state index contributed by atoms with van der Waals surface area (Å²) in [5, 5.41) is 0.486. The molecule has 1 amide bonds. The molecule has 0 aliphatic carbocycles. The van der Waals surface area contributed by atoms with Gasteiger partial charge in [0, 0.05) is 30.4 Å². The number of ether oxygens (including phenoxy) is 1. The molecule has 1 aliphatic heterocycles. The number of halogens is 3. The van der Waals surface area contributed by atoms with Crippen LogP contribution in [0.2, 0.25) is 0 Å². The zero-order valence-corrected chi connectivity index (χ0v) is 17.3. The van der Waals surface area contributed by atoms with E-state index < -0.39 is 6.36 Å². The summed E-state index contributed by atoms with van der Waals surface area (Å²) < 4.78 is 43.7. The summed E-state index contributed by atoms with van der Waals surface area (Å²) in [4.78, 5) is 22.6. The molecule has 5 rings (SSSR count). The topological polar surface area (TPSA) is 63.1 Å². The molecule has 0 unspecified atom stereocenters. The minimum Gasteiger partial charge on any atom is -0.406 e. The number of carbonyl (C=O) groups excluding carboxylic acids is 1. The average Bonchev–Trinajstić information content (AvgIpc) is 3.47. The second-order valence-electron chi connectivity index (χ2n) is 7.91. The number of aryl methyl sites for hydroxylation is 1. The molecule has 6 nitrogen and oxygen atoms in total. The fourth-order valence-electron chi connectivity index (χ4n) is 4.48. The van der Waals surface area contributed by atoms with Crippen LogP contribution in [-0.4, -0.2) is 44.8 Å². The van der Waals surface area contributed by atoms with Gasteiger partial charge in [0.2, 0.25) is 0 Å². The minimum absolute atomic E-state index is 0.123.